The van der Waals surface area contributed by atoms with E-state index in [9.17, 15) is 0 Å². The van der Waals surface area contributed by atoms with Crippen molar-refractivity contribution in [3.63, 3.8) is 0 Å². The monoisotopic (exact) mass is 200 g/mol. The molecular formula is C11H24N2O. The maximum atomic E-state index is 9.13. The fourth-order valence-electron chi connectivity index (χ4n) is 1.70. The number of nitrogens with one attached hydrogen (secondary N) is 2. The summed E-state index contributed by atoms with van der Waals surface area (Å²) in [7, 11) is 0. The van der Waals surface area contributed by atoms with Gasteiger partial charge in [0, 0.05) is 24.6 Å². The molecule has 1 atom stereocenters. The second-order valence-electron chi connectivity index (χ2n) is 5.08. The predicted octanol–water partition coefficient (Wildman–Crippen LogP) is 0.737. The van der Waals surface area contributed by atoms with Crippen molar-refractivity contribution in [2.24, 2.45) is 5.41 Å². The normalized spacial score (nSPS) is 24.6. The first kappa shape index (κ1) is 12.0. The van der Waals surface area contributed by atoms with Gasteiger partial charge in [-0.2, -0.15) is 0 Å². The van der Waals surface area contributed by atoms with Crippen LogP contribution in [0.4, 0.5) is 0 Å². The topological polar surface area (TPSA) is 44.3 Å². The van der Waals surface area contributed by atoms with Crippen LogP contribution >= 0.6 is 0 Å². The second-order valence-corrected chi connectivity index (χ2v) is 5.08. The molecule has 3 nitrogen and oxygen atoms in total. The third-order valence-electron chi connectivity index (χ3n) is 2.87. The quantitative estimate of drug-likeness (QED) is 0.627. The van der Waals surface area contributed by atoms with Crippen LogP contribution in [0, 0.1) is 5.41 Å². The maximum Gasteiger partial charge on any atom is 0.0494 e. The van der Waals surface area contributed by atoms with E-state index in [0.29, 0.717) is 6.04 Å². The molecule has 0 spiro atoms. The Morgan fingerprint density at radius 1 is 1.36 bits per heavy atom. The lowest BCUT2D eigenvalue weighted by molar-refractivity contribution is 0.152. The lowest BCUT2D eigenvalue weighted by Gasteiger charge is -2.25. The molecule has 3 N–H and O–H groups in total. The molecule has 84 valence electrons. The molecule has 14 heavy (non-hydrogen) atoms. The van der Waals surface area contributed by atoms with Gasteiger partial charge in [0.25, 0.3) is 0 Å². The first-order valence-electron chi connectivity index (χ1n) is 5.69. The van der Waals surface area contributed by atoms with Crippen LogP contribution in [0.5, 0.6) is 0 Å². The standard InChI is InChI=1S/C11H24N2O/c1-11(2,9-14)8-13-10-4-3-6-12-7-5-10/h10,12-14H,3-9H2,1-2H3. The number of aliphatic hydroxyl groups excluding tert-OH is 1. The summed E-state index contributed by atoms with van der Waals surface area (Å²) in [5.74, 6) is 0. The summed E-state index contributed by atoms with van der Waals surface area (Å²) in [5.41, 5.74) is 0.0136. The molecule has 0 radical (unpaired) electrons. The lowest BCUT2D eigenvalue weighted by atomic mass is 9.94. The fraction of sp³-hybridized carbons (Fsp3) is 1.00. The van der Waals surface area contributed by atoms with Gasteiger partial charge in [0.05, 0.1) is 0 Å². The van der Waals surface area contributed by atoms with Crippen molar-refractivity contribution >= 4 is 0 Å². The Hall–Kier alpha value is -0.120. The van der Waals surface area contributed by atoms with E-state index >= 15 is 0 Å². The predicted molar refractivity (Wildman–Crippen MR) is 59.4 cm³/mol. The van der Waals surface area contributed by atoms with Gasteiger partial charge in [-0.3, -0.25) is 0 Å². The molecule has 0 bridgehead atoms. The van der Waals surface area contributed by atoms with Crippen molar-refractivity contribution in [1.29, 1.82) is 0 Å². The van der Waals surface area contributed by atoms with Crippen molar-refractivity contribution in [3.8, 4) is 0 Å². The summed E-state index contributed by atoms with van der Waals surface area (Å²) in [4.78, 5) is 0. The lowest BCUT2D eigenvalue weighted by Crippen LogP contribution is -2.39. The Balaban J connectivity index is 2.22. The van der Waals surface area contributed by atoms with Crippen LogP contribution in [0.3, 0.4) is 0 Å². The molecule has 3 heteroatoms. The van der Waals surface area contributed by atoms with Crippen LogP contribution in [0.25, 0.3) is 0 Å². The Morgan fingerprint density at radius 3 is 2.86 bits per heavy atom. The van der Waals surface area contributed by atoms with E-state index in [0.717, 1.165) is 19.6 Å². The van der Waals surface area contributed by atoms with Crippen molar-refractivity contribution in [2.45, 2.75) is 39.2 Å². The molecule has 1 aliphatic rings. The van der Waals surface area contributed by atoms with Gasteiger partial charge in [0.2, 0.25) is 0 Å². The highest BCUT2D eigenvalue weighted by Gasteiger charge is 2.19. The highest BCUT2D eigenvalue weighted by atomic mass is 16.3. The van der Waals surface area contributed by atoms with Gasteiger partial charge >= 0.3 is 0 Å². The van der Waals surface area contributed by atoms with E-state index in [2.05, 4.69) is 24.5 Å². The number of aliphatic hydroxyl groups is 1. The summed E-state index contributed by atoms with van der Waals surface area (Å²) in [5, 5.41) is 16.1. The first-order valence-corrected chi connectivity index (χ1v) is 5.69. The molecular weight excluding hydrogens is 176 g/mol. The van der Waals surface area contributed by atoms with Crippen molar-refractivity contribution in [3.05, 3.63) is 0 Å². The summed E-state index contributed by atoms with van der Waals surface area (Å²) in [6.45, 7) is 7.63. The van der Waals surface area contributed by atoms with Crippen LogP contribution in [0.2, 0.25) is 0 Å². The summed E-state index contributed by atoms with van der Waals surface area (Å²) in [6, 6.07) is 0.635. The van der Waals surface area contributed by atoms with E-state index in [1.165, 1.54) is 19.3 Å². The Kier molecular flexibility index (Phi) is 4.85. The number of hydrogen-bond acceptors (Lipinski definition) is 3. The minimum Gasteiger partial charge on any atom is -0.396 e. The van der Waals surface area contributed by atoms with E-state index in [-0.39, 0.29) is 12.0 Å². The SMILES string of the molecule is CC(C)(CO)CNC1CCCNCC1. The minimum absolute atomic E-state index is 0.0136. The fourth-order valence-corrected chi connectivity index (χ4v) is 1.70. The minimum atomic E-state index is 0.0136. The molecule has 0 saturated carbocycles. The molecule has 1 rings (SSSR count). The van der Waals surface area contributed by atoms with Crippen LogP contribution in [0.15, 0.2) is 0 Å². The largest absolute Gasteiger partial charge is 0.396 e. The van der Waals surface area contributed by atoms with E-state index in [1.54, 1.807) is 0 Å². The van der Waals surface area contributed by atoms with Crippen molar-refractivity contribution < 1.29 is 5.11 Å². The Morgan fingerprint density at radius 2 is 2.14 bits per heavy atom. The zero-order chi connectivity index (χ0) is 10.4. The number of rotatable bonds is 4. The van der Waals surface area contributed by atoms with Crippen LogP contribution in [0.1, 0.15) is 33.1 Å². The molecule has 1 fully saturated rings. The van der Waals surface area contributed by atoms with Crippen molar-refractivity contribution in [2.75, 3.05) is 26.2 Å². The molecule has 0 aromatic heterocycles. The van der Waals surface area contributed by atoms with Gasteiger partial charge in [0.15, 0.2) is 0 Å². The third kappa shape index (κ3) is 4.40. The van der Waals surface area contributed by atoms with Gasteiger partial charge in [-0.05, 0) is 32.4 Å². The van der Waals surface area contributed by atoms with E-state index in [1.807, 2.05) is 0 Å². The zero-order valence-electron chi connectivity index (χ0n) is 9.47. The Bertz CT molecular complexity index is 151. The smallest absolute Gasteiger partial charge is 0.0494 e. The van der Waals surface area contributed by atoms with Crippen molar-refractivity contribution in [1.82, 2.24) is 10.6 Å². The summed E-state index contributed by atoms with van der Waals surface area (Å²) < 4.78 is 0. The van der Waals surface area contributed by atoms with Gasteiger partial charge in [-0.15, -0.1) is 0 Å². The number of hydrogen-bond donors (Lipinski definition) is 3. The van der Waals surface area contributed by atoms with Gasteiger partial charge in [-0.25, -0.2) is 0 Å². The second kappa shape index (κ2) is 5.69. The molecule has 1 aliphatic heterocycles. The maximum absolute atomic E-state index is 9.13. The third-order valence-corrected chi connectivity index (χ3v) is 2.87. The van der Waals surface area contributed by atoms with E-state index < -0.39 is 0 Å². The molecule has 0 aromatic carbocycles. The van der Waals surface area contributed by atoms with E-state index in [4.69, 9.17) is 5.11 Å². The summed E-state index contributed by atoms with van der Waals surface area (Å²) in [6.07, 6.45) is 3.73. The highest BCUT2D eigenvalue weighted by molar-refractivity contribution is 4.77. The first-order chi connectivity index (χ1) is 6.64. The molecule has 0 aromatic rings. The van der Waals surface area contributed by atoms with Crippen LogP contribution in [-0.2, 0) is 0 Å². The molecule has 1 heterocycles. The average Bonchev–Trinajstić information content (AvgIpc) is 2.43. The highest BCUT2D eigenvalue weighted by Crippen LogP contribution is 2.13. The molecule has 1 saturated heterocycles. The average molecular weight is 200 g/mol. The molecule has 0 aliphatic carbocycles. The molecule has 1 unspecified atom stereocenters. The van der Waals surface area contributed by atoms with Crippen LogP contribution < -0.4 is 10.6 Å². The van der Waals surface area contributed by atoms with Gasteiger partial charge < -0.3 is 15.7 Å². The molecule has 0 amide bonds. The van der Waals surface area contributed by atoms with Gasteiger partial charge in [0.1, 0.15) is 0 Å². The van der Waals surface area contributed by atoms with Crippen LogP contribution in [-0.4, -0.2) is 37.4 Å². The Labute approximate surface area is 87.3 Å². The summed E-state index contributed by atoms with van der Waals surface area (Å²) >= 11 is 0. The van der Waals surface area contributed by atoms with Gasteiger partial charge in [-0.1, -0.05) is 13.8 Å². The zero-order valence-corrected chi connectivity index (χ0v) is 9.47.